The molecule has 0 atom stereocenters. The Morgan fingerprint density at radius 3 is 2.68 bits per heavy atom. The molecule has 2 amide bonds. The first-order valence-corrected chi connectivity index (χ1v) is 5.85. The van der Waals surface area contributed by atoms with Gasteiger partial charge in [-0.05, 0) is 18.6 Å². The third kappa shape index (κ3) is 4.32. The first-order chi connectivity index (χ1) is 9.08. The van der Waals surface area contributed by atoms with Gasteiger partial charge in [-0.1, -0.05) is 19.1 Å². The number of aliphatic carboxylic acids is 1. The Morgan fingerprint density at radius 2 is 2.11 bits per heavy atom. The number of para-hydroxylation sites is 1. The maximum Gasteiger partial charge on any atom is 0.323 e. The Labute approximate surface area is 111 Å². The zero-order chi connectivity index (χ0) is 14.3. The average molecular weight is 261 g/mol. The maximum absolute atomic E-state index is 11.9. The van der Waals surface area contributed by atoms with Gasteiger partial charge in [0.25, 0.3) is 0 Å². The molecule has 0 aliphatic heterocycles. The van der Waals surface area contributed by atoms with E-state index >= 15 is 0 Å². The topological polar surface area (TPSA) is 93.4 Å². The van der Waals surface area contributed by atoms with Crippen LogP contribution in [0.4, 0.5) is 10.5 Å². The van der Waals surface area contributed by atoms with E-state index in [2.05, 4.69) is 5.32 Å². The highest BCUT2D eigenvalue weighted by molar-refractivity contribution is 5.92. The standard InChI is InChI=1S/C13H15N3O3/c1-2-7-16(9-12(17)18)13(19)15-11-6-4-3-5-10(11)8-14/h3-6H,2,7,9H2,1H3,(H,15,19)(H,17,18). The van der Waals surface area contributed by atoms with Crippen molar-refractivity contribution < 1.29 is 14.7 Å². The number of carboxylic acid groups (broad SMARTS) is 1. The molecule has 0 saturated carbocycles. The fraction of sp³-hybridized carbons (Fsp3) is 0.308. The summed E-state index contributed by atoms with van der Waals surface area (Å²) in [6, 6.07) is 8.00. The fourth-order valence-corrected chi connectivity index (χ4v) is 1.57. The van der Waals surface area contributed by atoms with Gasteiger partial charge >= 0.3 is 12.0 Å². The molecule has 0 saturated heterocycles. The summed E-state index contributed by atoms with van der Waals surface area (Å²) in [6.07, 6.45) is 0.653. The molecule has 0 fully saturated rings. The normalized spacial score (nSPS) is 9.47. The molecule has 0 spiro atoms. The summed E-state index contributed by atoms with van der Waals surface area (Å²) in [7, 11) is 0. The molecule has 0 aliphatic carbocycles. The van der Waals surface area contributed by atoms with Crippen molar-refractivity contribution in [1.29, 1.82) is 5.26 Å². The molecular weight excluding hydrogens is 246 g/mol. The van der Waals surface area contributed by atoms with Crippen LogP contribution in [0.1, 0.15) is 18.9 Å². The number of carbonyl (C=O) groups is 2. The minimum atomic E-state index is -1.07. The summed E-state index contributed by atoms with van der Waals surface area (Å²) >= 11 is 0. The first-order valence-electron chi connectivity index (χ1n) is 5.85. The summed E-state index contributed by atoms with van der Waals surface area (Å²) in [5.74, 6) is -1.07. The van der Waals surface area contributed by atoms with E-state index in [4.69, 9.17) is 10.4 Å². The van der Waals surface area contributed by atoms with Gasteiger partial charge < -0.3 is 15.3 Å². The number of benzene rings is 1. The lowest BCUT2D eigenvalue weighted by Crippen LogP contribution is -2.39. The molecule has 1 aromatic rings. The highest BCUT2D eigenvalue weighted by atomic mass is 16.4. The predicted molar refractivity (Wildman–Crippen MR) is 69.7 cm³/mol. The lowest BCUT2D eigenvalue weighted by molar-refractivity contribution is -0.137. The number of hydrogen-bond acceptors (Lipinski definition) is 3. The Morgan fingerprint density at radius 1 is 1.42 bits per heavy atom. The van der Waals surface area contributed by atoms with Crippen LogP contribution in [0.3, 0.4) is 0 Å². The van der Waals surface area contributed by atoms with Crippen LogP contribution in [0, 0.1) is 11.3 Å². The molecule has 1 aromatic carbocycles. The van der Waals surface area contributed by atoms with Crippen molar-refractivity contribution in [2.45, 2.75) is 13.3 Å². The van der Waals surface area contributed by atoms with E-state index in [1.54, 1.807) is 24.3 Å². The molecule has 19 heavy (non-hydrogen) atoms. The number of nitrogens with zero attached hydrogens (tertiary/aromatic N) is 2. The zero-order valence-corrected chi connectivity index (χ0v) is 10.6. The van der Waals surface area contributed by atoms with E-state index in [1.165, 1.54) is 4.90 Å². The number of rotatable bonds is 5. The summed E-state index contributed by atoms with van der Waals surface area (Å²) < 4.78 is 0. The van der Waals surface area contributed by atoms with Gasteiger partial charge in [0.2, 0.25) is 0 Å². The molecule has 6 nitrogen and oxygen atoms in total. The van der Waals surface area contributed by atoms with Crippen LogP contribution in [0.15, 0.2) is 24.3 Å². The molecule has 1 rings (SSSR count). The lowest BCUT2D eigenvalue weighted by atomic mass is 10.2. The summed E-state index contributed by atoms with van der Waals surface area (Å²) in [5, 5.41) is 20.2. The van der Waals surface area contributed by atoms with Gasteiger partial charge in [0.15, 0.2) is 0 Å². The molecule has 0 aliphatic rings. The maximum atomic E-state index is 11.9. The van der Waals surface area contributed by atoms with Crippen LogP contribution in [-0.4, -0.2) is 35.1 Å². The van der Waals surface area contributed by atoms with Crippen molar-refractivity contribution in [3.8, 4) is 6.07 Å². The molecule has 0 radical (unpaired) electrons. The quantitative estimate of drug-likeness (QED) is 0.846. The van der Waals surface area contributed by atoms with Crippen LogP contribution in [0.5, 0.6) is 0 Å². The van der Waals surface area contributed by atoms with Gasteiger partial charge in [0.1, 0.15) is 12.6 Å². The molecule has 100 valence electrons. The van der Waals surface area contributed by atoms with Gasteiger partial charge in [-0.15, -0.1) is 0 Å². The van der Waals surface area contributed by atoms with E-state index in [-0.39, 0.29) is 6.54 Å². The number of carbonyl (C=O) groups excluding carboxylic acids is 1. The summed E-state index contributed by atoms with van der Waals surface area (Å²) in [4.78, 5) is 23.8. The highest BCUT2D eigenvalue weighted by Crippen LogP contribution is 2.14. The minimum Gasteiger partial charge on any atom is -0.480 e. The van der Waals surface area contributed by atoms with Crippen LogP contribution >= 0.6 is 0 Å². The molecule has 6 heteroatoms. The van der Waals surface area contributed by atoms with Crippen molar-refractivity contribution in [3.63, 3.8) is 0 Å². The van der Waals surface area contributed by atoms with Gasteiger partial charge in [0, 0.05) is 6.54 Å². The molecule has 0 heterocycles. The van der Waals surface area contributed by atoms with Gasteiger partial charge in [-0.2, -0.15) is 5.26 Å². The van der Waals surface area contributed by atoms with E-state index in [1.807, 2.05) is 13.0 Å². The lowest BCUT2D eigenvalue weighted by Gasteiger charge is -2.20. The Kier molecular flexibility index (Phi) is 5.35. The first kappa shape index (κ1) is 14.5. The smallest absolute Gasteiger partial charge is 0.323 e. The average Bonchev–Trinajstić information content (AvgIpc) is 2.38. The second kappa shape index (κ2) is 7.01. The van der Waals surface area contributed by atoms with Gasteiger partial charge in [0.05, 0.1) is 11.3 Å². The number of anilines is 1. The zero-order valence-electron chi connectivity index (χ0n) is 10.6. The van der Waals surface area contributed by atoms with Crippen molar-refractivity contribution in [1.82, 2.24) is 4.90 Å². The molecule has 2 N–H and O–H groups in total. The van der Waals surface area contributed by atoms with E-state index in [0.29, 0.717) is 24.2 Å². The predicted octanol–water partition coefficient (Wildman–Crippen LogP) is 1.89. The second-order valence-electron chi connectivity index (χ2n) is 3.90. The Balaban J connectivity index is 2.81. The number of amides is 2. The van der Waals surface area contributed by atoms with Crippen molar-refractivity contribution in [2.24, 2.45) is 0 Å². The number of urea groups is 1. The monoisotopic (exact) mass is 261 g/mol. The SMILES string of the molecule is CCCN(CC(=O)O)C(=O)Nc1ccccc1C#N. The number of nitrogens with one attached hydrogen (secondary N) is 1. The number of carboxylic acids is 1. The van der Waals surface area contributed by atoms with E-state index in [9.17, 15) is 9.59 Å². The summed E-state index contributed by atoms with van der Waals surface area (Å²) in [5.41, 5.74) is 0.712. The van der Waals surface area contributed by atoms with Crippen molar-refractivity contribution >= 4 is 17.7 Å². The molecule has 0 bridgehead atoms. The molecule has 0 aromatic heterocycles. The van der Waals surface area contributed by atoms with E-state index in [0.717, 1.165) is 0 Å². The van der Waals surface area contributed by atoms with Gasteiger partial charge in [-0.3, -0.25) is 4.79 Å². The summed E-state index contributed by atoms with van der Waals surface area (Å²) in [6.45, 7) is 1.83. The van der Waals surface area contributed by atoms with Crippen molar-refractivity contribution in [2.75, 3.05) is 18.4 Å². The number of nitriles is 1. The van der Waals surface area contributed by atoms with Crippen molar-refractivity contribution in [3.05, 3.63) is 29.8 Å². The Bertz CT molecular complexity index is 508. The van der Waals surface area contributed by atoms with Crippen LogP contribution in [-0.2, 0) is 4.79 Å². The molecular formula is C13H15N3O3. The number of hydrogen-bond donors (Lipinski definition) is 2. The van der Waals surface area contributed by atoms with Crippen LogP contribution < -0.4 is 5.32 Å². The van der Waals surface area contributed by atoms with E-state index < -0.39 is 12.0 Å². The third-order valence-corrected chi connectivity index (χ3v) is 2.40. The minimum absolute atomic E-state index is 0.336. The van der Waals surface area contributed by atoms with Crippen LogP contribution in [0.2, 0.25) is 0 Å². The second-order valence-corrected chi connectivity index (χ2v) is 3.90. The Hall–Kier alpha value is -2.55. The third-order valence-electron chi connectivity index (χ3n) is 2.40. The van der Waals surface area contributed by atoms with Crippen LogP contribution in [0.25, 0.3) is 0 Å². The fourth-order valence-electron chi connectivity index (χ4n) is 1.57. The highest BCUT2D eigenvalue weighted by Gasteiger charge is 2.16. The van der Waals surface area contributed by atoms with Gasteiger partial charge in [-0.25, -0.2) is 4.79 Å². The molecule has 0 unspecified atom stereocenters. The largest absolute Gasteiger partial charge is 0.480 e.